The molecular weight excluding hydrogens is 277 g/mol. The van der Waals surface area contributed by atoms with Crippen molar-refractivity contribution in [3.8, 4) is 22.5 Å². The van der Waals surface area contributed by atoms with E-state index >= 15 is 0 Å². The van der Waals surface area contributed by atoms with E-state index in [1.807, 2.05) is 30.3 Å². The van der Waals surface area contributed by atoms with Gasteiger partial charge in [0.05, 0.1) is 23.2 Å². The van der Waals surface area contributed by atoms with Crippen LogP contribution in [0, 0.1) is 5.82 Å². The fourth-order valence-electron chi connectivity index (χ4n) is 2.64. The van der Waals surface area contributed by atoms with Crippen LogP contribution in [-0.4, -0.2) is 15.0 Å². The number of rotatable bonds is 2. The SMILES string of the molecule is Fc1ccc(-c2nc[nH]c2-c2ccnc3ccccc23)cc1. The Hall–Kier alpha value is -3.01. The smallest absolute Gasteiger partial charge is 0.123 e. The molecule has 0 amide bonds. The first kappa shape index (κ1) is 12.7. The Kier molecular flexibility index (Phi) is 2.93. The first-order valence-corrected chi connectivity index (χ1v) is 6.96. The number of benzene rings is 2. The lowest BCUT2D eigenvalue weighted by Gasteiger charge is -2.07. The molecule has 0 radical (unpaired) electrons. The van der Waals surface area contributed by atoms with Gasteiger partial charge in [0.15, 0.2) is 0 Å². The highest BCUT2D eigenvalue weighted by molar-refractivity contribution is 5.96. The molecule has 0 aliphatic rings. The first-order chi connectivity index (χ1) is 10.8. The normalized spacial score (nSPS) is 11.0. The second kappa shape index (κ2) is 5.07. The summed E-state index contributed by atoms with van der Waals surface area (Å²) in [5.74, 6) is -0.254. The predicted molar refractivity (Wildman–Crippen MR) is 84.7 cm³/mol. The van der Waals surface area contributed by atoms with Crippen LogP contribution in [0.25, 0.3) is 33.4 Å². The lowest BCUT2D eigenvalue weighted by Crippen LogP contribution is -1.88. The molecule has 2 aromatic carbocycles. The molecule has 0 atom stereocenters. The van der Waals surface area contributed by atoms with E-state index in [9.17, 15) is 4.39 Å². The Morgan fingerprint density at radius 1 is 0.864 bits per heavy atom. The topological polar surface area (TPSA) is 41.6 Å². The highest BCUT2D eigenvalue weighted by Crippen LogP contribution is 2.32. The summed E-state index contributed by atoms with van der Waals surface area (Å²) in [7, 11) is 0. The highest BCUT2D eigenvalue weighted by atomic mass is 19.1. The van der Waals surface area contributed by atoms with Crippen LogP contribution in [0.3, 0.4) is 0 Å². The van der Waals surface area contributed by atoms with Crippen LogP contribution >= 0.6 is 0 Å². The van der Waals surface area contributed by atoms with Crippen LogP contribution in [-0.2, 0) is 0 Å². The van der Waals surface area contributed by atoms with E-state index in [2.05, 4.69) is 15.0 Å². The Bertz CT molecular complexity index is 937. The molecule has 0 aliphatic heterocycles. The maximum absolute atomic E-state index is 13.1. The maximum Gasteiger partial charge on any atom is 0.123 e. The third kappa shape index (κ3) is 2.05. The number of nitrogens with one attached hydrogen (secondary N) is 1. The van der Waals surface area contributed by atoms with Gasteiger partial charge in [-0.25, -0.2) is 9.37 Å². The standard InChI is InChI=1S/C18H12FN3/c19-13-7-5-12(6-8-13)17-18(22-11-21-17)15-9-10-20-16-4-2-1-3-14(15)16/h1-11H,(H,21,22). The number of nitrogens with zero attached hydrogens (tertiary/aromatic N) is 2. The first-order valence-electron chi connectivity index (χ1n) is 6.96. The van der Waals surface area contributed by atoms with Crippen LogP contribution < -0.4 is 0 Å². The van der Waals surface area contributed by atoms with Crippen LogP contribution in [0.15, 0.2) is 67.1 Å². The van der Waals surface area contributed by atoms with E-state index in [4.69, 9.17) is 0 Å². The molecule has 4 aromatic rings. The zero-order valence-corrected chi connectivity index (χ0v) is 11.6. The molecule has 0 unspecified atom stereocenters. The number of aromatic nitrogens is 3. The zero-order valence-electron chi connectivity index (χ0n) is 11.6. The van der Waals surface area contributed by atoms with Gasteiger partial charge in [-0.1, -0.05) is 18.2 Å². The number of fused-ring (bicyclic) bond motifs is 1. The molecule has 0 spiro atoms. The number of halogens is 1. The molecule has 0 bridgehead atoms. The summed E-state index contributed by atoms with van der Waals surface area (Å²) in [6.45, 7) is 0. The lowest BCUT2D eigenvalue weighted by atomic mass is 10.0. The molecular formula is C18H12FN3. The van der Waals surface area contributed by atoms with Crippen molar-refractivity contribution in [3.05, 3.63) is 72.9 Å². The maximum atomic E-state index is 13.1. The van der Waals surface area contributed by atoms with E-state index in [1.165, 1.54) is 12.1 Å². The molecule has 0 fully saturated rings. The van der Waals surface area contributed by atoms with Gasteiger partial charge >= 0.3 is 0 Å². The fourth-order valence-corrected chi connectivity index (χ4v) is 2.64. The van der Waals surface area contributed by atoms with Crippen molar-refractivity contribution in [1.29, 1.82) is 0 Å². The predicted octanol–water partition coefficient (Wildman–Crippen LogP) is 4.43. The molecule has 106 valence electrons. The summed E-state index contributed by atoms with van der Waals surface area (Å²) in [6, 6.07) is 16.3. The van der Waals surface area contributed by atoms with Crippen molar-refractivity contribution in [3.63, 3.8) is 0 Å². The quantitative estimate of drug-likeness (QED) is 0.593. The van der Waals surface area contributed by atoms with Gasteiger partial charge in [-0.2, -0.15) is 0 Å². The Morgan fingerprint density at radius 3 is 2.55 bits per heavy atom. The summed E-state index contributed by atoms with van der Waals surface area (Å²) in [6.07, 6.45) is 3.44. The van der Waals surface area contributed by atoms with Gasteiger partial charge in [0.25, 0.3) is 0 Å². The van der Waals surface area contributed by atoms with Crippen LogP contribution in [0.5, 0.6) is 0 Å². The Morgan fingerprint density at radius 2 is 1.68 bits per heavy atom. The number of H-pyrrole nitrogens is 1. The van der Waals surface area contributed by atoms with Crippen molar-refractivity contribution in [2.75, 3.05) is 0 Å². The number of pyridine rings is 1. The molecule has 4 heteroatoms. The van der Waals surface area contributed by atoms with Gasteiger partial charge < -0.3 is 4.98 Å². The Labute approximate surface area is 126 Å². The number of aromatic amines is 1. The zero-order chi connectivity index (χ0) is 14.9. The van der Waals surface area contributed by atoms with Crippen molar-refractivity contribution in [2.45, 2.75) is 0 Å². The minimum Gasteiger partial charge on any atom is -0.344 e. The minimum atomic E-state index is -0.254. The Balaban J connectivity index is 1.94. The van der Waals surface area contributed by atoms with E-state index in [1.54, 1.807) is 24.7 Å². The van der Waals surface area contributed by atoms with Crippen LogP contribution in [0.1, 0.15) is 0 Å². The summed E-state index contributed by atoms with van der Waals surface area (Å²) < 4.78 is 13.1. The molecule has 0 saturated heterocycles. The van der Waals surface area contributed by atoms with Gasteiger partial charge in [0.2, 0.25) is 0 Å². The molecule has 3 nitrogen and oxygen atoms in total. The van der Waals surface area contributed by atoms with E-state index in [-0.39, 0.29) is 5.82 Å². The van der Waals surface area contributed by atoms with Gasteiger partial charge in [-0.05, 0) is 36.4 Å². The van der Waals surface area contributed by atoms with E-state index in [0.717, 1.165) is 33.4 Å². The third-order valence-electron chi connectivity index (χ3n) is 3.68. The van der Waals surface area contributed by atoms with Gasteiger partial charge in [-0.15, -0.1) is 0 Å². The molecule has 4 rings (SSSR count). The summed E-state index contributed by atoms with van der Waals surface area (Å²) in [4.78, 5) is 12.0. The number of hydrogen-bond acceptors (Lipinski definition) is 2. The molecule has 0 saturated carbocycles. The number of para-hydroxylation sites is 1. The van der Waals surface area contributed by atoms with Crippen molar-refractivity contribution in [1.82, 2.24) is 15.0 Å². The third-order valence-corrected chi connectivity index (χ3v) is 3.68. The molecule has 1 N–H and O–H groups in total. The number of imidazole rings is 1. The van der Waals surface area contributed by atoms with Crippen LogP contribution in [0.2, 0.25) is 0 Å². The monoisotopic (exact) mass is 289 g/mol. The van der Waals surface area contributed by atoms with Crippen LogP contribution in [0.4, 0.5) is 4.39 Å². The van der Waals surface area contributed by atoms with Gasteiger partial charge in [-0.3, -0.25) is 4.98 Å². The fraction of sp³-hybridized carbons (Fsp3) is 0. The lowest BCUT2D eigenvalue weighted by molar-refractivity contribution is 0.628. The van der Waals surface area contributed by atoms with E-state index in [0.29, 0.717) is 0 Å². The summed E-state index contributed by atoms with van der Waals surface area (Å²) in [5, 5.41) is 1.05. The average Bonchev–Trinajstić information content (AvgIpc) is 3.04. The van der Waals surface area contributed by atoms with E-state index < -0.39 is 0 Å². The summed E-state index contributed by atoms with van der Waals surface area (Å²) in [5.41, 5.74) is 4.54. The van der Waals surface area contributed by atoms with Crippen molar-refractivity contribution < 1.29 is 4.39 Å². The van der Waals surface area contributed by atoms with Crippen molar-refractivity contribution >= 4 is 10.9 Å². The molecule has 2 heterocycles. The van der Waals surface area contributed by atoms with Crippen molar-refractivity contribution in [2.24, 2.45) is 0 Å². The average molecular weight is 289 g/mol. The highest BCUT2D eigenvalue weighted by Gasteiger charge is 2.13. The molecule has 2 aromatic heterocycles. The second-order valence-corrected chi connectivity index (χ2v) is 5.01. The summed E-state index contributed by atoms with van der Waals surface area (Å²) >= 11 is 0. The van der Waals surface area contributed by atoms with Gasteiger partial charge in [0.1, 0.15) is 5.82 Å². The number of hydrogen-bond donors (Lipinski definition) is 1. The minimum absolute atomic E-state index is 0.254. The molecule has 22 heavy (non-hydrogen) atoms. The second-order valence-electron chi connectivity index (χ2n) is 5.01. The largest absolute Gasteiger partial charge is 0.344 e. The molecule has 0 aliphatic carbocycles. The van der Waals surface area contributed by atoms with Gasteiger partial charge in [0, 0.05) is 22.7 Å².